The molecule has 6 nitrogen and oxygen atoms in total. The molecule has 0 heterocycles. The number of methoxy groups -OCH3 is 3. The van der Waals surface area contributed by atoms with Gasteiger partial charge in [0.1, 0.15) is 0 Å². The van der Waals surface area contributed by atoms with Gasteiger partial charge in [0.15, 0.2) is 17.6 Å². The fourth-order valence-corrected chi connectivity index (χ4v) is 3.16. The largest absolute Gasteiger partial charge is 0.493 e. The fourth-order valence-electron chi connectivity index (χ4n) is 3.04. The number of benzene rings is 3. The lowest BCUT2D eigenvalue weighted by atomic mass is 9.99. The molecule has 0 unspecified atom stereocenters. The van der Waals surface area contributed by atoms with Gasteiger partial charge in [0.05, 0.1) is 26.9 Å². The molecule has 1 atom stereocenters. The SMILES string of the molecule is COc1cc(C(=O)O[C@H](C(=O)c2ccccc2)c2ccc(Cl)cc2)cc(OC)c1OC. The number of carbonyl (C=O) groups excluding carboxylic acids is 2. The Bertz CT molecular complexity index is 1040. The molecule has 0 aliphatic rings. The summed E-state index contributed by atoms with van der Waals surface area (Å²) < 4.78 is 21.5. The minimum Gasteiger partial charge on any atom is -0.493 e. The Kier molecular flexibility index (Phi) is 7.15. The Morgan fingerprint density at radius 1 is 0.774 bits per heavy atom. The molecule has 3 rings (SSSR count). The van der Waals surface area contributed by atoms with E-state index < -0.39 is 12.1 Å². The van der Waals surface area contributed by atoms with E-state index in [-0.39, 0.29) is 11.3 Å². The molecule has 3 aromatic carbocycles. The van der Waals surface area contributed by atoms with Crippen molar-refractivity contribution < 1.29 is 28.5 Å². The summed E-state index contributed by atoms with van der Waals surface area (Å²) >= 11 is 5.98. The molecule has 7 heteroatoms. The predicted octanol–water partition coefficient (Wildman–Crippen LogP) is 5.15. The van der Waals surface area contributed by atoms with Crippen molar-refractivity contribution in [3.63, 3.8) is 0 Å². The van der Waals surface area contributed by atoms with Crippen molar-refractivity contribution in [2.75, 3.05) is 21.3 Å². The Hall–Kier alpha value is -3.51. The highest BCUT2D eigenvalue weighted by atomic mass is 35.5. The van der Waals surface area contributed by atoms with Gasteiger partial charge in [0, 0.05) is 16.1 Å². The lowest BCUT2D eigenvalue weighted by Crippen LogP contribution is -2.20. The molecule has 0 aliphatic carbocycles. The topological polar surface area (TPSA) is 71.1 Å². The van der Waals surface area contributed by atoms with Crippen LogP contribution in [0.3, 0.4) is 0 Å². The van der Waals surface area contributed by atoms with Crippen molar-refractivity contribution in [1.82, 2.24) is 0 Å². The highest BCUT2D eigenvalue weighted by Gasteiger charge is 2.28. The van der Waals surface area contributed by atoms with Gasteiger partial charge in [-0.3, -0.25) is 4.79 Å². The average Bonchev–Trinajstić information content (AvgIpc) is 2.82. The summed E-state index contributed by atoms with van der Waals surface area (Å²) in [4.78, 5) is 26.2. The molecule has 0 saturated carbocycles. The quantitative estimate of drug-likeness (QED) is 0.356. The molecule has 0 aliphatic heterocycles. The number of hydrogen-bond acceptors (Lipinski definition) is 6. The van der Waals surface area contributed by atoms with E-state index in [1.165, 1.54) is 33.5 Å². The van der Waals surface area contributed by atoms with E-state index in [0.29, 0.717) is 33.4 Å². The van der Waals surface area contributed by atoms with Crippen LogP contribution in [0.1, 0.15) is 32.4 Å². The summed E-state index contributed by atoms with van der Waals surface area (Å²) in [5.74, 6) is -0.138. The van der Waals surface area contributed by atoms with Crippen molar-refractivity contribution in [3.8, 4) is 17.2 Å². The van der Waals surface area contributed by atoms with E-state index in [9.17, 15) is 9.59 Å². The Balaban J connectivity index is 1.98. The van der Waals surface area contributed by atoms with E-state index in [4.69, 9.17) is 30.5 Å². The summed E-state index contributed by atoms with van der Waals surface area (Å²) in [6.07, 6.45) is -1.16. The normalized spacial score (nSPS) is 11.4. The van der Waals surface area contributed by atoms with Crippen LogP contribution in [0.2, 0.25) is 5.02 Å². The van der Waals surface area contributed by atoms with Crippen molar-refractivity contribution in [2.24, 2.45) is 0 Å². The molecule has 3 aromatic rings. The highest BCUT2D eigenvalue weighted by molar-refractivity contribution is 6.30. The van der Waals surface area contributed by atoms with Gasteiger partial charge in [-0.05, 0) is 24.3 Å². The molecule has 160 valence electrons. The highest BCUT2D eigenvalue weighted by Crippen LogP contribution is 2.38. The van der Waals surface area contributed by atoms with Gasteiger partial charge in [-0.25, -0.2) is 4.79 Å². The summed E-state index contributed by atoms with van der Waals surface area (Å²) in [5, 5.41) is 0.505. The van der Waals surface area contributed by atoms with Gasteiger partial charge in [0.2, 0.25) is 11.5 Å². The first-order chi connectivity index (χ1) is 15.0. The third-order valence-corrected chi connectivity index (χ3v) is 4.85. The first-order valence-corrected chi connectivity index (χ1v) is 9.72. The number of hydrogen-bond donors (Lipinski definition) is 0. The van der Waals surface area contributed by atoms with Gasteiger partial charge < -0.3 is 18.9 Å². The summed E-state index contributed by atoms with van der Waals surface area (Å²) in [6, 6.07) is 18.1. The standard InChI is InChI=1S/C24H21ClO6/c1-28-19-13-17(14-20(29-2)23(19)30-3)24(27)31-22(16-9-11-18(25)12-10-16)21(26)15-7-5-4-6-8-15/h4-14,22H,1-3H3/t22-/m0/s1. The van der Waals surface area contributed by atoms with Crippen LogP contribution in [0.5, 0.6) is 17.2 Å². The minimum absolute atomic E-state index is 0.148. The Morgan fingerprint density at radius 2 is 1.35 bits per heavy atom. The van der Waals surface area contributed by atoms with Crippen LogP contribution in [-0.2, 0) is 4.74 Å². The van der Waals surface area contributed by atoms with Gasteiger partial charge in [0.25, 0.3) is 0 Å². The van der Waals surface area contributed by atoms with Crippen molar-refractivity contribution >= 4 is 23.4 Å². The van der Waals surface area contributed by atoms with Crippen molar-refractivity contribution in [2.45, 2.75) is 6.10 Å². The number of carbonyl (C=O) groups is 2. The van der Waals surface area contributed by atoms with Crippen molar-refractivity contribution in [1.29, 1.82) is 0 Å². The lowest BCUT2D eigenvalue weighted by Gasteiger charge is -2.19. The molecule has 0 radical (unpaired) electrons. The van der Waals surface area contributed by atoms with Gasteiger partial charge in [-0.1, -0.05) is 54.1 Å². The summed E-state index contributed by atoms with van der Waals surface area (Å²) in [7, 11) is 4.36. The second-order valence-electron chi connectivity index (χ2n) is 6.48. The molecule has 0 bridgehead atoms. The molecule has 0 N–H and O–H groups in total. The molecular weight excluding hydrogens is 420 g/mol. The third kappa shape index (κ3) is 4.98. The van der Waals surface area contributed by atoms with Crippen LogP contribution in [0.15, 0.2) is 66.7 Å². The van der Waals surface area contributed by atoms with Crippen molar-refractivity contribution in [3.05, 3.63) is 88.4 Å². The van der Waals surface area contributed by atoms with E-state index >= 15 is 0 Å². The van der Waals surface area contributed by atoms with E-state index in [1.807, 2.05) is 0 Å². The molecule has 0 fully saturated rings. The Labute approximate surface area is 185 Å². The maximum absolute atomic E-state index is 13.2. The van der Waals surface area contributed by atoms with Gasteiger partial charge >= 0.3 is 5.97 Å². The second kappa shape index (κ2) is 10.00. The number of esters is 1. The minimum atomic E-state index is -1.16. The van der Waals surface area contributed by atoms with Crippen LogP contribution in [0.4, 0.5) is 0 Å². The van der Waals surface area contributed by atoms with Crippen LogP contribution < -0.4 is 14.2 Å². The third-order valence-electron chi connectivity index (χ3n) is 4.59. The zero-order valence-electron chi connectivity index (χ0n) is 17.3. The average molecular weight is 441 g/mol. The number of rotatable bonds is 8. The molecule has 31 heavy (non-hydrogen) atoms. The molecule has 0 aromatic heterocycles. The molecule has 0 spiro atoms. The molecule has 0 amide bonds. The number of ether oxygens (including phenoxy) is 4. The van der Waals surface area contributed by atoms with Gasteiger partial charge in [-0.15, -0.1) is 0 Å². The zero-order valence-corrected chi connectivity index (χ0v) is 18.0. The summed E-state index contributed by atoms with van der Waals surface area (Å²) in [5.41, 5.74) is 1.06. The van der Waals surface area contributed by atoms with Crippen LogP contribution in [0.25, 0.3) is 0 Å². The van der Waals surface area contributed by atoms with Crippen LogP contribution in [-0.4, -0.2) is 33.1 Å². The van der Waals surface area contributed by atoms with E-state index in [2.05, 4.69) is 0 Å². The zero-order chi connectivity index (χ0) is 22.4. The molecule has 0 saturated heterocycles. The first-order valence-electron chi connectivity index (χ1n) is 9.34. The monoisotopic (exact) mass is 440 g/mol. The maximum Gasteiger partial charge on any atom is 0.339 e. The predicted molar refractivity (Wildman–Crippen MR) is 116 cm³/mol. The number of halogens is 1. The summed E-state index contributed by atoms with van der Waals surface area (Å²) in [6.45, 7) is 0. The Morgan fingerprint density at radius 3 is 1.87 bits per heavy atom. The fraction of sp³-hybridized carbons (Fsp3) is 0.167. The first kappa shape index (κ1) is 22.2. The smallest absolute Gasteiger partial charge is 0.339 e. The molecular formula is C24H21ClO6. The van der Waals surface area contributed by atoms with Crippen LogP contribution >= 0.6 is 11.6 Å². The van der Waals surface area contributed by atoms with Crippen LogP contribution in [0, 0.1) is 0 Å². The maximum atomic E-state index is 13.2. The van der Waals surface area contributed by atoms with Gasteiger partial charge in [-0.2, -0.15) is 0 Å². The lowest BCUT2D eigenvalue weighted by molar-refractivity contribution is 0.0279. The van der Waals surface area contributed by atoms with E-state index in [0.717, 1.165) is 0 Å². The number of Topliss-reactive ketones (excluding diaryl/α,β-unsaturated/α-hetero) is 1. The second-order valence-corrected chi connectivity index (χ2v) is 6.92. The van der Waals surface area contributed by atoms with E-state index in [1.54, 1.807) is 54.6 Å². The number of ketones is 1.